The van der Waals surface area contributed by atoms with Crippen LogP contribution in [0.3, 0.4) is 0 Å². The van der Waals surface area contributed by atoms with E-state index in [-0.39, 0.29) is 101 Å². The second kappa shape index (κ2) is 35.7. The normalized spacial score (nSPS) is 10.1. The Balaban J connectivity index is 0. The van der Waals surface area contributed by atoms with Gasteiger partial charge in [0.15, 0.2) is 58.4 Å². The topological polar surface area (TPSA) is 165 Å². The molecule has 0 radical (unpaired) electrons. The van der Waals surface area contributed by atoms with E-state index in [2.05, 4.69) is 76.4 Å². The smallest absolute Gasteiger partial charge is 0.191 e. The maximum atomic E-state index is 6.39. The number of hydrogen-bond acceptors (Lipinski definition) is 15. The molecule has 0 unspecified atom stereocenters. The van der Waals surface area contributed by atoms with Crippen LogP contribution in [0.4, 0.5) is 39.9 Å². The third kappa shape index (κ3) is 22.4. The van der Waals surface area contributed by atoms with Gasteiger partial charge in [0.2, 0.25) is 0 Å². The summed E-state index contributed by atoms with van der Waals surface area (Å²) in [5, 5.41) is 22.8. The van der Waals surface area contributed by atoms with Crippen molar-refractivity contribution in [1.29, 1.82) is 0 Å². The Morgan fingerprint density at radius 3 is 1.22 bits per heavy atom. The van der Waals surface area contributed by atoms with E-state index in [9.17, 15) is 0 Å². The van der Waals surface area contributed by atoms with Gasteiger partial charge >= 0.3 is 0 Å². The Morgan fingerprint density at radius 2 is 0.828 bits per heavy atom. The number of nitrogen functional groups attached to an aromatic ring is 1. The monoisotopic (exact) mass is 1290 g/mol. The quantitative estimate of drug-likeness (QED) is 0.0251. The standard InChI is InChI=1S/C19H18ClN5S.C13H12Cl2N4S.C7H9Cl2N3S.CH4.2CH3.Pd.Pt/c1-2-13-26-19-22-17(20)16(25-24-15-11-7-4-8-12-15)18(23-19)21-14-9-5-3-6-10-14;1-2-8-20-13-16-11(14)10(12(15)17-13)19-18-9-6-4-3-5-7-9;1-2-3-13-7-11-5(8)4(10)6(9)12-7;;;;;/h3-12H,2,13H2,1H3,(H,21,22,23);3-7H,2,8H2,1H3;2-3,10H2,1H3;1H4;2*1H3;;/q;;;;2*-1;;. The van der Waals surface area contributed by atoms with Gasteiger partial charge in [-0.3, -0.25) is 0 Å². The van der Waals surface area contributed by atoms with Gasteiger partial charge in [0, 0.05) is 64.4 Å². The van der Waals surface area contributed by atoms with Crippen LogP contribution in [0.2, 0.25) is 25.8 Å². The first-order chi connectivity index (χ1) is 28.6. The van der Waals surface area contributed by atoms with Crippen molar-refractivity contribution < 1.29 is 41.5 Å². The number of benzene rings is 3. The second-order valence-corrected chi connectivity index (χ2v) is 16.5. The predicted octanol–water partition coefficient (Wildman–Crippen LogP) is 16.9. The Morgan fingerprint density at radius 1 is 0.500 bits per heavy atom. The van der Waals surface area contributed by atoms with Crippen molar-refractivity contribution in [3.8, 4) is 0 Å². The van der Waals surface area contributed by atoms with Crippen molar-refractivity contribution in [3.05, 3.63) is 132 Å². The molecule has 0 saturated heterocycles. The molecule has 3 aromatic heterocycles. The molecule has 0 bridgehead atoms. The fourth-order valence-electron chi connectivity index (χ4n) is 4.09. The number of aromatic nitrogens is 6. The Bertz CT molecular complexity index is 2230. The number of azo groups is 2. The molecule has 12 nitrogen and oxygen atoms in total. The van der Waals surface area contributed by atoms with Crippen LogP contribution >= 0.6 is 93.3 Å². The van der Waals surface area contributed by atoms with E-state index in [1.807, 2.05) is 91.0 Å². The number of thioether (sulfide) groups is 3. The summed E-state index contributed by atoms with van der Waals surface area (Å²) >= 11 is 34.6. The summed E-state index contributed by atoms with van der Waals surface area (Å²) in [7, 11) is 0. The Hall–Kier alpha value is -2.45. The third-order valence-electron chi connectivity index (χ3n) is 6.82. The number of para-hydroxylation sites is 1. The SMILES string of the molecule is C.CCCSc1nc(Cl)c(N)c(Cl)n1.CCCSc1nc(Cl)c(N=Nc2ccccc2)c(Cl)n1.CCCSc1nc(Cl)c(N=Nc2ccccc2)c(Nc2ccccc2)n1.[CH3-].[CH3-].[Pd].[Pt]. The molecule has 3 aromatic carbocycles. The molecule has 3 N–H and O–H groups in total. The van der Waals surface area contributed by atoms with Gasteiger partial charge in [-0.15, -0.1) is 10.2 Å². The van der Waals surface area contributed by atoms with Gasteiger partial charge in [-0.05, 0) is 55.7 Å². The Labute approximate surface area is 443 Å². The molecule has 0 amide bonds. The fraction of sp³-hybridized carbons (Fsp3) is 0.238. The molecular formula is C42H49Cl5N12PdPtS3-2. The molecule has 0 fully saturated rings. The molecular weight excluding hydrogens is 1250 g/mol. The third-order valence-corrected chi connectivity index (χ3v) is 11.3. The van der Waals surface area contributed by atoms with E-state index in [4.69, 9.17) is 63.7 Å². The second-order valence-electron chi connectivity index (χ2n) is 11.5. The van der Waals surface area contributed by atoms with E-state index in [0.29, 0.717) is 32.7 Å². The van der Waals surface area contributed by atoms with E-state index >= 15 is 0 Å². The average molecular weight is 1300 g/mol. The average Bonchev–Trinajstić information content (AvgIpc) is 3.24. The minimum Gasteiger partial charge on any atom is -0.394 e. The van der Waals surface area contributed by atoms with Crippen molar-refractivity contribution in [2.24, 2.45) is 20.5 Å². The van der Waals surface area contributed by atoms with E-state index in [0.717, 1.165) is 47.9 Å². The number of nitrogens with zero attached hydrogens (tertiary/aromatic N) is 10. The van der Waals surface area contributed by atoms with Crippen molar-refractivity contribution in [1.82, 2.24) is 29.9 Å². The van der Waals surface area contributed by atoms with E-state index in [1.165, 1.54) is 23.5 Å². The molecule has 64 heavy (non-hydrogen) atoms. The number of halogens is 5. The first-order valence-electron chi connectivity index (χ1n) is 18.0. The van der Waals surface area contributed by atoms with Gasteiger partial charge < -0.3 is 25.9 Å². The van der Waals surface area contributed by atoms with Gasteiger partial charge in [0.1, 0.15) is 5.69 Å². The molecule has 6 aromatic rings. The van der Waals surface area contributed by atoms with Crippen LogP contribution in [0, 0.1) is 14.9 Å². The molecule has 0 aliphatic carbocycles. The zero-order valence-corrected chi connectivity index (χ0v) is 44.8. The molecule has 352 valence electrons. The number of nitrogens with two attached hydrogens (primary N) is 1. The summed E-state index contributed by atoms with van der Waals surface area (Å²) in [4.78, 5) is 25.2. The predicted molar refractivity (Wildman–Crippen MR) is 269 cm³/mol. The van der Waals surface area contributed by atoms with Gasteiger partial charge in [-0.2, -0.15) is 10.2 Å². The maximum absolute atomic E-state index is 6.39. The van der Waals surface area contributed by atoms with Crippen molar-refractivity contribution >= 4 is 133 Å². The summed E-state index contributed by atoms with van der Waals surface area (Å²) < 4.78 is 0. The van der Waals surface area contributed by atoms with Crippen molar-refractivity contribution in [3.63, 3.8) is 0 Å². The minimum atomic E-state index is 0. The molecule has 0 aliphatic heterocycles. The number of nitrogens with one attached hydrogen (secondary N) is 1. The van der Waals surface area contributed by atoms with Crippen molar-refractivity contribution in [2.75, 3.05) is 28.3 Å². The Kier molecular flexibility index (Phi) is 35.5. The minimum absolute atomic E-state index is 0. The number of rotatable bonds is 15. The first kappa shape index (κ1) is 63.6. The fourth-order valence-corrected chi connectivity index (χ4v) is 7.49. The zero-order valence-electron chi connectivity index (χ0n) is 34.7. The van der Waals surface area contributed by atoms with Gasteiger partial charge in [-0.1, -0.05) is 176 Å². The summed E-state index contributed by atoms with van der Waals surface area (Å²) in [5.41, 5.74) is 8.77. The first-order valence-corrected chi connectivity index (χ1v) is 22.9. The maximum Gasteiger partial charge on any atom is 0.191 e. The molecule has 22 heteroatoms. The van der Waals surface area contributed by atoms with Gasteiger partial charge in [0.05, 0.1) is 11.4 Å². The zero-order chi connectivity index (χ0) is 42.4. The summed E-state index contributed by atoms with van der Waals surface area (Å²) in [5.74, 6) is 3.31. The van der Waals surface area contributed by atoms with Crippen LogP contribution in [0.5, 0.6) is 0 Å². The summed E-state index contributed by atoms with van der Waals surface area (Å²) in [6.45, 7) is 6.27. The molecule has 0 saturated carbocycles. The number of anilines is 3. The molecule has 3 heterocycles. The van der Waals surface area contributed by atoms with Crippen LogP contribution < -0.4 is 11.1 Å². The van der Waals surface area contributed by atoms with Gasteiger partial charge in [0.25, 0.3) is 0 Å². The summed E-state index contributed by atoms with van der Waals surface area (Å²) in [6.07, 6.45) is 3.11. The molecule has 6 rings (SSSR count). The van der Waals surface area contributed by atoms with Crippen LogP contribution in [0.1, 0.15) is 47.5 Å². The molecule has 0 spiro atoms. The molecule has 0 atom stereocenters. The van der Waals surface area contributed by atoms with Crippen LogP contribution in [0.25, 0.3) is 0 Å². The van der Waals surface area contributed by atoms with E-state index < -0.39 is 0 Å². The number of hydrogen-bond donors (Lipinski definition) is 2. The molecule has 0 aliphatic rings. The van der Waals surface area contributed by atoms with Gasteiger partial charge in [-0.25, -0.2) is 29.9 Å². The summed E-state index contributed by atoms with van der Waals surface area (Å²) in [6, 6.07) is 28.5. The van der Waals surface area contributed by atoms with Crippen LogP contribution in [-0.4, -0.2) is 47.2 Å². The van der Waals surface area contributed by atoms with Crippen molar-refractivity contribution in [2.45, 2.75) is 62.9 Å². The van der Waals surface area contributed by atoms with E-state index in [1.54, 1.807) is 11.8 Å². The van der Waals surface area contributed by atoms with Crippen LogP contribution in [0.15, 0.2) is 127 Å². The largest absolute Gasteiger partial charge is 0.394 e. The van der Waals surface area contributed by atoms with Crippen LogP contribution in [-0.2, 0) is 41.5 Å².